The number of halogens is 1. The maximum absolute atomic E-state index is 5.99. The fraction of sp³-hybridized carbons (Fsp3) is 0.385. The lowest BCUT2D eigenvalue weighted by molar-refractivity contribution is 0.193. The molecule has 0 N–H and O–H groups in total. The van der Waals surface area contributed by atoms with Gasteiger partial charge in [0.2, 0.25) is 5.28 Å². The summed E-state index contributed by atoms with van der Waals surface area (Å²) in [6.45, 7) is 3.59. The van der Waals surface area contributed by atoms with Gasteiger partial charge < -0.3 is 4.74 Å². The molecule has 1 aliphatic rings. The molecule has 1 atom stereocenters. The molecule has 3 nitrogen and oxygen atoms in total. The zero-order valence-electron chi connectivity index (χ0n) is 9.61. The van der Waals surface area contributed by atoms with Crippen molar-refractivity contribution in [2.75, 3.05) is 13.2 Å². The number of fused-ring (bicyclic) bond motifs is 1. The summed E-state index contributed by atoms with van der Waals surface area (Å²) in [6, 6.07) is 6.20. The van der Waals surface area contributed by atoms with E-state index in [0.717, 1.165) is 36.2 Å². The highest BCUT2D eigenvalue weighted by atomic mass is 35.5. The van der Waals surface area contributed by atoms with E-state index in [-0.39, 0.29) is 0 Å². The molecule has 4 heteroatoms. The molecule has 0 spiro atoms. The fourth-order valence-corrected chi connectivity index (χ4v) is 2.48. The Morgan fingerprint density at radius 1 is 1.35 bits per heavy atom. The van der Waals surface area contributed by atoms with Crippen molar-refractivity contribution in [2.45, 2.75) is 19.3 Å². The predicted molar refractivity (Wildman–Crippen MR) is 67.5 cm³/mol. The van der Waals surface area contributed by atoms with Gasteiger partial charge in [0.05, 0.1) is 17.8 Å². The van der Waals surface area contributed by atoms with E-state index in [1.54, 1.807) is 0 Å². The first kappa shape index (κ1) is 10.9. The Kier molecular flexibility index (Phi) is 2.73. The predicted octanol–water partition coefficient (Wildman–Crippen LogP) is 3.10. The summed E-state index contributed by atoms with van der Waals surface area (Å²) < 4.78 is 5.42. The molecule has 1 aliphatic heterocycles. The summed E-state index contributed by atoms with van der Waals surface area (Å²) in [5, 5.41) is 1.42. The van der Waals surface area contributed by atoms with Crippen LogP contribution in [0.4, 0.5) is 0 Å². The standard InChI is InChI=1S/C13H13ClN2O/c1-8-2-3-10-11(6-8)15-13(14)16-12(10)9-4-5-17-7-9/h2-3,6,9H,4-5,7H2,1H3. The molecule has 1 aromatic carbocycles. The van der Waals surface area contributed by atoms with Crippen LogP contribution in [-0.2, 0) is 4.74 Å². The van der Waals surface area contributed by atoms with E-state index in [2.05, 4.69) is 22.1 Å². The van der Waals surface area contributed by atoms with Crippen LogP contribution < -0.4 is 0 Å². The molecule has 0 aliphatic carbocycles. The van der Waals surface area contributed by atoms with Gasteiger partial charge in [-0.15, -0.1) is 0 Å². The lowest BCUT2D eigenvalue weighted by Crippen LogP contribution is -2.03. The van der Waals surface area contributed by atoms with E-state index < -0.39 is 0 Å². The van der Waals surface area contributed by atoms with Gasteiger partial charge in [-0.1, -0.05) is 12.1 Å². The number of ether oxygens (including phenoxy) is 1. The molecule has 0 bridgehead atoms. The zero-order chi connectivity index (χ0) is 11.8. The second-order valence-corrected chi connectivity index (χ2v) is 4.80. The van der Waals surface area contributed by atoms with Crippen molar-refractivity contribution in [2.24, 2.45) is 0 Å². The molecular weight excluding hydrogens is 236 g/mol. The molecule has 2 heterocycles. The van der Waals surface area contributed by atoms with Crippen molar-refractivity contribution in [3.05, 3.63) is 34.7 Å². The molecule has 1 saturated heterocycles. The number of aromatic nitrogens is 2. The van der Waals surface area contributed by atoms with Crippen LogP contribution in [-0.4, -0.2) is 23.2 Å². The minimum absolute atomic E-state index is 0.324. The first-order valence-electron chi connectivity index (χ1n) is 5.75. The topological polar surface area (TPSA) is 35.0 Å². The lowest BCUT2D eigenvalue weighted by Gasteiger charge is -2.11. The average molecular weight is 249 g/mol. The summed E-state index contributed by atoms with van der Waals surface area (Å²) in [4.78, 5) is 8.67. The molecule has 3 rings (SSSR count). The second kappa shape index (κ2) is 4.24. The van der Waals surface area contributed by atoms with Crippen molar-refractivity contribution in [1.82, 2.24) is 9.97 Å². The Morgan fingerprint density at radius 2 is 2.24 bits per heavy atom. The number of benzene rings is 1. The molecule has 2 aromatic rings. The van der Waals surface area contributed by atoms with Gasteiger partial charge in [0.1, 0.15) is 0 Å². The van der Waals surface area contributed by atoms with Crippen molar-refractivity contribution < 1.29 is 4.74 Å². The Balaban J connectivity index is 2.21. The Hall–Kier alpha value is -1.19. The number of hydrogen-bond acceptors (Lipinski definition) is 3. The normalized spacial score (nSPS) is 20.0. The van der Waals surface area contributed by atoms with Crippen LogP contribution in [0.25, 0.3) is 10.9 Å². The van der Waals surface area contributed by atoms with E-state index in [4.69, 9.17) is 16.3 Å². The van der Waals surface area contributed by atoms with Gasteiger partial charge in [-0.2, -0.15) is 0 Å². The molecule has 88 valence electrons. The molecule has 0 amide bonds. The lowest BCUT2D eigenvalue weighted by atomic mass is 9.99. The summed E-state index contributed by atoms with van der Waals surface area (Å²) >= 11 is 5.99. The van der Waals surface area contributed by atoms with Crippen LogP contribution in [0.1, 0.15) is 23.6 Å². The third-order valence-corrected chi connectivity index (χ3v) is 3.34. The van der Waals surface area contributed by atoms with Gasteiger partial charge in [-0.25, -0.2) is 9.97 Å². The van der Waals surface area contributed by atoms with Gasteiger partial charge in [0.25, 0.3) is 0 Å². The largest absolute Gasteiger partial charge is 0.381 e. The van der Waals surface area contributed by atoms with Gasteiger partial charge in [0, 0.05) is 17.9 Å². The van der Waals surface area contributed by atoms with Crippen molar-refractivity contribution >= 4 is 22.5 Å². The number of rotatable bonds is 1. The van der Waals surface area contributed by atoms with Crippen LogP contribution in [0.3, 0.4) is 0 Å². The second-order valence-electron chi connectivity index (χ2n) is 4.46. The van der Waals surface area contributed by atoms with Gasteiger partial charge in [-0.3, -0.25) is 0 Å². The highest BCUT2D eigenvalue weighted by Gasteiger charge is 2.22. The van der Waals surface area contributed by atoms with E-state index in [9.17, 15) is 0 Å². The van der Waals surface area contributed by atoms with Crippen LogP contribution in [0.15, 0.2) is 18.2 Å². The highest BCUT2D eigenvalue weighted by Crippen LogP contribution is 2.30. The minimum Gasteiger partial charge on any atom is -0.381 e. The SMILES string of the molecule is Cc1ccc2c(C3CCOC3)nc(Cl)nc2c1. The average Bonchev–Trinajstić information content (AvgIpc) is 2.80. The van der Waals surface area contributed by atoms with E-state index in [1.807, 2.05) is 13.0 Å². The van der Waals surface area contributed by atoms with E-state index in [1.165, 1.54) is 5.56 Å². The Labute approximate surface area is 105 Å². The van der Waals surface area contributed by atoms with Crippen LogP contribution in [0.2, 0.25) is 5.28 Å². The molecule has 0 radical (unpaired) electrons. The smallest absolute Gasteiger partial charge is 0.223 e. The van der Waals surface area contributed by atoms with Crippen molar-refractivity contribution in [3.63, 3.8) is 0 Å². The van der Waals surface area contributed by atoms with Crippen LogP contribution in [0, 0.1) is 6.92 Å². The Morgan fingerprint density at radius 3 is 3.00 bits per heavy atom. The third kappa shape index (κ3) is 2.01. The van der Waals surface area contributed by atoms with E-state index in [0.29, 0.717) is 11.2 Å². The minimum atomic E-state index is 0.324. The molecule has 1 fully saturated rings. The quantitative estimate of drug-likeness (QED) is 0.728. The summed E-state index contributed by atoms with van der Waals surface area (Å²) in [5.41, 5.74) is 3.13. The summed E-state index contributed by atoms with van der Waals surface area (Å²) in [5.74, 6) is 0.348. The maximum atomic E-state index is 5.99. The van der Waals surface area contributed by atoms with E-state index >= 15 is 0 Å². The number of aryl methyl sites for hydroxylation is 1. The molecular formula is C13H13ClN2O. The van der Waals surface area contributed by atoms with Gasteiger partial charge in [0.15, 0.2) is 0 Å². The zero-order valence-corrected chi connectivity index (χ0v) is 10.4. The van der Waals surface area contributed by atoms with Crippen LogP contribution >= 0.6 is 11.6 Å². The van der Waals surface area contributed by atoms with Gasteiger partial charge >= 0.3 is 0 Å². The number of nitrogens with zero attached hydrogens (tertiary/aromatic N) is 2. The fourth-order valence-electron chi connectivity index (χ4n) is 2.30. The van der Waals surface area contributed by atoms with Gasteiger partial charge in [-0.05, 0) is 36.6 Å². The van der Waals surface area contributed by atoms with Crippen LogP contribution in [0.5, 0.6) is 0 Å². The monoisotopic (exact) mass is 248 g/mol. The summed E-state index contributed by atoms with van der Waals surface area (Å²) in [7, 11) is 0. The first-order valence-corrected chi connectivity index (χ1v) is 6.13. The highest BCUT2D eigenvalue weighted by molar-refractivity contribution is 6.28. The molecule has 0 saturated carbocycles. The first-order chi connectivity index (χ1) is 8.24. The van der Waals surface area contributed by atoms with Crippen molar-refractivity contribution in [3.8, 4) is 0 Å². The molecule has 1 aromatic heterocycles. The Bertz CT molecular complexity index is 559. The molecule has 1 unspecified atom stereocenters. The number of hydrogen-bond donors (Lipinski definition) is 0. The summed E-state index contributed by atoms with van der Waals surface area (Å²) in [6.07, 6.45) is 1.01. The molecule has 17 heavy (non-hydrogen) atoms. The van der Waals surface area contributed by atoms with Crippen molar-refractivity contribution in [1.29, 1.82) is 0 Å². The third-order valence-electron chi connectivity index (χ3n) is 3.17. The maximum Gasteiger partial charge on any atom is 0.223 e.